The lowest BCUT2D eigenvalue weighted by Gasteiger charge is -2.33. The van der Waals surface area contributed by atoms with Crippen molar-refractivity contribution in [2.75, 3.05) is 16.8 Å². The predicted molar refractivity (Wildman–Crippen MR) is 143 cm³/mol. The van der Waals surface area contributed by atoms with Crippen LogP contribution in [-0.4, -0.2) is 41.4 Å². The number of rotatable bonds is 7. The van der Waals surface area contributed by atoms with Crippen LogP contribution in [0.25, 0.3) is 11.3 Å². The van der Waals surface area contributed by atoms with Gasteiger partial charge in [-0.2, -0.15) is 0 Å². The van der Waals surface area contributed by atoms with Gasteiger partial charge in [-0.15, -0.1) is 0 Å². The SMILES string of the molecule is CC1CN(c2nccc(S(=O)(=O)c3cccc(Nc4ccc(-c5cnco5)cc4)n3)c2C(N)=O)C(C)(C)C1. The van der Waals surface area contributed by atoms with E-state index in [2.05, 4.69) is 27.2 Å². The van der Waals surface area contributed by atoms with Gasteiger partial charge >= 0.3 is 0 Å². The van der Waals surface area contributed by atoms with Gasteiger partial charge in [0.05, 0.1) is 11.1 Å². The Morgan fingerprint density at radius 3 is 2.55 bits per heavy atom. The Labute approximate surface area is 220 Å². The Kier molecular flexibility index (Phi) is 6.39. The van der Waals surface area contributed by atoms with Crippen molar-refractivity contribution in [3.8, 4) is 11.3 Å². The third-order valence-electron chi connectivity index (χ3n) is 6.63. The van der Waals surface area contributed by atoms with Crippen molar-refractivity contribution in [2.24, 2.45) is 11.7 Å². The van der Waals surface area contributed by atoms with Gasteiger partial charge in [0.25, 0.3) is 5.91 Å². The summed E-state index contributed by atoms with van der Waals surface area (Å²) in [5.41, 5.74) is 6.85. The molecule has 1 unspecified atom stereocenters. The largest absolute Gasteiger partial charge is 0.444 e. The average Bonchev–Trinajstić information content (AvgIpc) is 3.51. The van der Waals surface area contributed by atoms with Gasteiger partial charge in [0.2, 0.25) is 9.84 Å². The van der Waals surface area contributed by atoms with Gasteiger partial charge in [-0.3, -0.25) is 4.79 Å². The number of carbonyl (C=O) groups excluding carboxylic acids is 1. The number of carbonyl (C=O) groups is 1. The monoisotopic (exact) mass is 532 g/mol. The minimum absolute atomic E-state index is 0.127. The molecule has 1 atom stereocenters. The minimum atomic E-state index is -4.21. The topological polar surface area (TPSA) is 144 Å². The third-order valence-corrected chi connectivity index (χ3v) is 8.33. The number of hydrogen-bond donors (Lipinski definition) is 2. The lowest BCUT2D eigenvalue weighted by Crippen LogP contribution is -2.40. The first-order valence-corrected chi connectivity index (χ1v) is 13.6. The van der Waals surface area contributed by atoms with Crippen LogP contribution in [0.15, 0.2) is 81.7 Å². The highest BCUT2D eigenvalue weighted by Crippen LogP contribution is 2.39. The summed E-state index contributed by atoms with van der Waals surface area (Å²) in [6.07, 6.45) is 5.25. The number of nitrogens with two attached hydrogens (primary N) is 1. The quantitative estimate of drug-likeness (QED) is 0.353. The highest BCUT2D eigenvalue weighted by Gasteiger charge is 2.40. The normalized spacial score (nSPS) is 16.9. The molecule has 38 heavy (non-hydrogen) atoms. The first-order valence-electron chi connectivity index (χ1n) is 12.1. The van der Waals surface area contributed by atoms with Crippen LogP contribution in [0, 0.1) is 5.92 Å². The summed E-state index contributed by atoms with van der Waals surface area (Å²) in [5.74, 6) is 0.721. The molecule has 0 saturated carbocycles. The predicted octanol–water partition coefficient (Wildman–Crippen LogP) is 4.43. The van der Waals surface area contributed by atoms with Gasteiger partial charge in [0.15, 0.2) is 17.2 Å². The molecule has 5 rings (SSSR count). The second kappa shape index (κ2) is 9.56. The number of pyridine rings is 2. The smallest absolute Gasteiger partial charge is 0.253 e. The molecule has 4 aromatic rings. The molecular weight excluding hydrogens is 504 g/mol. The molecule has 1 aliphatic rings. The molecule has 3 aromatic heterocycles. The summed E-state index contributed by atoms with van der Waals surface area (Å²) < 4.78 is 32.8. The number of hydrogen-bond acceptors (Lipinski definition) is 9. The molecule has 0 radical (unpaired) electrons. The average molecular weight is 533 g/mol. The molecule has 1 saturated heterocycles. The summed E-state index contributed by atoms with van der Waals surface area (Å²) in [7, 11) is -4.21. The molecule has 0 bridgehead atoms. The van der Waals surface area contributed by atoms with Crippen LogP contribution in [-0.2, 0) is 9.84 Å². The lowest BCUT2D eigenvalue weighted by atomic mass is 9.97. The number of benzene rings is 1. The van der Waals surface area contributed by atoms with Gasteiger partial charge in [-0.05, 0) is 68.7 Å². The van der Waals surface area contributed by atoms with Crippen LogP contribution >= 0.6 is 0 Å². The van der Waals surface area contributed by atoms with Crippen molar-refractivity contribution in [1.82, 2.24) is 15.0 Å². The van der Waals surface area contributed by atoms with Crippen LogP contribution in [0.1, 0.15) is 37.6 Å². The maximum atomic E-state index is 13.8. The number of aromatic nitrogens is 3. The highest BCUT2D eigenvalue weighted by atomic mass is 32.2. The van der Waals surface area contributed by atoms with E-state index in [9.17, 15) is 13.2 Å². The van der Waals surface area contributed by atoms with E-state index < -0.39 is 15.7 Å². The second-order valence-electron chi connectivity index (χ2n) is 10.0. The molecule has 3 N–H and O–H groups in total. The van der Waals surface area contributed by atoms with Crippen molar-refractivity contribution in [3.63, 3.8) is 0 Å². The Balaban J connectivity index is 1.48. The molecule has 11 heteroatoms. The van der Waals surface area contributed by atoms with E-state index in [-0.39, 0.29) is 26.8 Å². The summed E-state index contributed by atoms with van der Waals surface area (Å²) in [6.45, 7) is 6.82. The maximum absolute atomic E-state index is 13.8. The van der Waals surface area contributed by atoms with Crippen molar-refractivity contribution in [3.05, 3.63) is 72.9 Å². The molecule has 4 heterocycles. The Morgan fingerprint density at radius 2 is 1.92 bits per heavy atom. The van der Waals surface area contributed by atoms with Gasteiger partial charge in [-0.25, -0.2) is 23.4 Å². The number of amides is 1. The summed E-state index contributed by atoms with van der Waals surface area (Å²) in [6, 6.07) is 13.3. The fourth-order valence-corrected chi connectivity index (χ4v) is 6.43. The maximum Gasteiger partial charge on any atom is 0.253 e. The van der Waals surface area contributed by atoms with Gasteiger partial charge in [0, 0.05) is 29.5 Å². The summed E-state index contributed by atoms with van der Waals surface area (Å²) in [4.78, 5) is 27.0. The molecule has 0 spiro atoms. The zero-order valence-electron chi connectivity index (χ0n) is 21.2. The zero-order chi connectivity index (χ0) is 27.1. The van der Waals surface area contributed by atoms with E-state index in [0.717, 1.165) is 12.0 Å². The van der Waals surface area contributed by atoms with Crippen LogP contribution in [0.2, 0.25) is 0 Å². The summed E-state index contributed by atoms with van der Waals surface area (Å²) in [5, 5.41) is 2.90. The van der Waals surface area contributed by atoms with E-state index in [1.54, 1.807) is 18.3 Å². The van der Waals surface area contributed by atoms with E-state index in [4.69, 9.17) is 10.2 Å². The molecule has 196 valence electrons. The van der Waals surface area contributed by atoms with Crippen LogP contribution in [0.4, 0.5) is 17.3 Å². The number of nitrogens with one attached hydrogen (secondary N) is 1. The van der Waals surface area contributed by atoms with Crippen LogP contribution in [0.3, 0.4) is 0 Å². The Bertz CT molecular complexity index is 1580. The number of primary amides is 1. The molecule has 1 amide bonds. The van der Waals surface area contributed by atoms with Crippen molar-refractivity contribution in [1.29, 1.82) is 0 Å². The number of oxazole rings is 1. The van der Waals surface area contributed by atoms with Crippen molar-refractivity contribution in [2.45, 2.75) is 42.7 Å². The first kappa shape index (κ1) is 25.4. The first-order chi connectivity index (χ1) is 18.1. The lowest BCUT2D eigenvalue weighted by molar-refractivity contribution is 0.0997. The molecule has 1 fully saturated rings. The molecular formula is C27H28N6O4S. The van der Waals surface area contributed by atoms with Crippen LogP contribution in [0.5, 0.6) is 0 Å². The summed E-state index contributed by atoms with van der Waals surface area (Å²) >= 11 is 0. The van der Waals surface area contributed by atoms with Crippen molar-refractivity contribution < 1.29 is 17.6 Å². The van der Waals surface area contributed by atoms with Gasteiger partial charge < -0.3 is 20.4 Å². The molecule has 0 aliphatic carbocycles. The minimum Gasteiger partial charge on any atom is -0.444 e. The van der Waals surface area contributed by atoms with Crippen molar-refractivity contribution >= 4 is 33.1 Å². The highest BCUT2D eigenvalue weighted by molar-refractivity contribution is 7.91. The van der Waals surface area contributed by atoms with E-state index >= 15 is 0 Å². The zero-order valence-corrected chi connectivity index (χ0v) is 22.1. The Hall–Kier alpha value is -4.25. The second-order valence-corrected chi connectivity index (χ2v) is 11.9. The number of sulfone groups is 1. The van der Waals surface area contributed by atoms with Gasteiger partial charge in [0.1, 0.15) is 17.2 Å². The molecule has 1 aromatic carbocycles. The third kappa shape index (κ3) is 4.72. The fraction of sp³-hybridized carbons (Fsp3) is 0.259. The standard InChI is InChI=1S/C27H28N6O4S/c1-17-13-27(2,3)33(15-17)26-24(25(28)34)21(11-12-30-26)38(35,36)23-6-4-5-22(32-23)31-19-9-7-18(8-10-19)20-14-29-16-37-20/h4-12,14,16-17H,13,15H2,1-3H3,(H2,28,34)(H,31,32). The van der Waals surface area contributed by atoms with E-state index in [1.165, 1.54) is 24.7 Å². The number of nitrogens with zero attached hydrogens (tertiary/aromatic N) is 4. The van der Waals surface area contributed by atoms with Crippen LogP contribution < -0.4 is 16.0 Å². The van der Waals surface area contributed by atoms with Gasteiger partial charge in [-0.1, -0.05) is 13.0 Å². The molecule has 10 nitrogen and oxygen atoms in total. The van der Waals surface area contributed by atoms with E-state index in [0.29, 0.717) is 29.7 Å². The Morgan fingerprint density at radius 1 is 1.16 bits per heavy atom. The number of anilines is 3. The molecule has 1 aliphatic heterocycles. The van der Waals surface area contributed by atoms with E-state index in [1.807, 2.05) is 43.0 Å². The fourth-order valence-electron chi connectivity index (χ4n) is 5.02.